The molecule has 0 saturated carbocycles. The Kier molecular flexibility index (Phi) is 4.89. The lowest BCUT2D eigenvalue weighted by molar-refractivity contribution is 0.792. The highest BCUT2D eigenvalue weighted by Gasteiger charge is 1.98. The molecular weight excluding hydrogens is 246 g/mol. The van der Waals surface area contributed by atoms with Crippen LogP contribution >= 0.6 is 11.5 Å². The molecule has 0 aromatic carbocycles. The predicted molar refractivity (Wildman–Crippen MR) is 75.1 cm³/mol. The number of anilines is 2. The molecule has 0 aliphatic rings. The standard InChI is InChI=1S/C12H17N5S/c1-10-16-12(18-17-10)15-9-5-4-8-14-11-6-2-3-7-13-11/h2-3,6-7H,4-5,8-9H2,1H3,(H,13,14)(H,15,16,17). The average molecular weight is 263 g/mol. The largest absolute Gasteiger partial charge is 0.370 e. The number of hydrogen-bond acceptors (Lipinski definition) is 6. The van der Waals surface area contributed by atoms with Gasteiger partial charge in [0.1, 0.15) is 11.6 Å². The average Bonchev–Trinajstić information content (AvgIpc) is 2.81. The van der Waals surface area contributed by atoms with Crippen LogP contribution in [-0.2, 0) is 0 Å². The van der Waals surface area contributed by atoms with Gasteiger partial charge >= 0.3 is 0 Å². The summed E-state index contributed by atoms with van der Waals surface area (Å²) in [4.78, 5) is 8.45. The lowest BCUT2D eigenvalue weighted by Gasteiger charge is -2.05. The van der Waals surface area contributed by atoms with Crippen LogP contribution in [0.2, 0.25) is 0 Å². The lowest BCUT2D eigenvalue weighted by atomic mass is 10.3. The van der Waals surface area contributed by atoms with E-state index in [1.807, 2.05) is 25.1 Å². The quantitative estimate of drug-likeness (QED) is 0.752. The van der Waals surface area contributed by atoms with Crippen LogP contribution in [0.15, 0.2) is 24.4 Å². The molecule has 5 nitrogen and oxygen atoms in total. The van der Waals surface area contributed by atoms with Gasteiger partial charge in [0.25, 0.3) is 0 Å². The van der Waals surface area contributed by atoms with Gasteiger partial charge in [-0.2, -0.15) is 4.37 Å². The van der Waals surface area contributed by atoms with Gasteiger partial charge < -0.3 is 10.6 Å². The fourth-order valence-corrected chi connectivity index (χ4v) is 2.10. The summed E-state index contributed by atoms with van der Waals surface area (Å²) in [6.07, 6.45) is 3.99. The minimum atomic E-state index is 0.833. The van der Waals surface area contributed by atoms with Crippen LogP contribution in [0.1, 0.15) is 18.7 Å². The van der Waals surface area contributed by atoms with E-state index in [-0.39, 0.29) is 0 Å². The molecule has 2 heterocycles. The molecule has 0 bridgehead atoms. The number of pyridine rings is 1. The number of unbranched alkanes of at least 4 members (excludes halogenated alkanes) is 1. The van der Waals surface area contributed by atoms with Crippen molar-refractivity contribution in [1.82, 2.24) is 14.3 Å². The predicted octanol–water partition coefficient (Wildman–Crippen LogP) is 2.55. The molecule has 0 atom stereocenters. The molecule has 2 aromatic heterocycles. The number of rotatable bonds is 7. The van der Waals surface area contributed by atoms with Crippen LogP contribution in [0.3, 0.4) is 0 Å². The second-order valence-corrected chi connectivity index (χ2v) is 4.67. The topological polar surface area (TPSA) is 62.7 Å². The SMILES string of the molecule is Cc1nsc(NCCCCNc2ccccn2)n1. The summed E-state index contributed by atoms with van der Waals surface area (Å²) in [5, 5.41) is 7.46. The Balaban J connectivity index is 1.54. The van der Waals surface area contributed by atoms with Gasteiger partial charge in [0.15, 0.2) is 0 Å². The Bertz CT molecular complexity index is 457. The molecule has 0 aliphatic heterocycles. The Morgan fingerprint density at radius 1 is 1.17 bits per heavy atom. The molecule has 0 aliphatic carbocycles. The first-order valence-electron chi connectivity index (χ1n) is 6.04. The third-order valence-electron chi connectivity index (χ3n) is 2.38. The maximum Gasteiger partial charge on any atom is 0.202 e. The molecule has 2 N–H and O–H groups in total. The van der Waals surface area contributed by atoms with E-state index < -0.39 is 0 Å². The van der Waals surface area contributed by atoms with Crippen molar-refractivity contribution in [2.24, 2.45) is 0 Å². The second kappa shape index (κ2) is 6.90. The first-order valence-corrected chi connectivity index (χ1v) is 6.81. The maximum atomic E-state index is 4.25. The monoisotopic (exact) mass is 263 g/mol. The zero-order chi connectivity index (χ0) is 12.6. The minimum Gasteiger partial charge on any atom is -0.370 e. The van der Waals surface area contributed by atoms with Crippen molar-refractivity contribution in [3.8, 4) is 0 Å². The summed E-state index contributed by atoms with van der Waals surface area (Å²) in [6, 6.07) is 5.87. The van der Waals surface area contributed by atoms with Crippen LogP contribution in [0.25, 0.3) is 0 Å². The van der Waals surface area contributed by atoms with Gasteiger partial charge in [-0.3, -0.25) is 0 Å². The Morgan fingerprint density at radius 3 is 2.67 bits per heavy atom. The molecule has 0 amide bonds. The van der Waals surface area contributed by atoms with Crippen LogP contribution in [-0.4, -0.2) is 27.4 Å². The van der Waals surface area contributed by atoms with Crippen molar-refractivity contribution in [2.45, 2.75) is 19.8 Å². The highest BCUT2D eigenvalue weighted by Crippen LogP contribution is 2.09. The van der Waals surface area contributed by atoms with Crippen molar-refractivity contribution in [3.63, 3.8) is 0 Å². The molecular formula is C12H17N5S. The molecule has 0 spiro atoms. The summed E-state index contributed by atoms with van der Waals surface area (Å²) >= 11 is 1.41. The lowest BCUT2D eigenvalue weighted by Crippen LogP contribution is -2.06. The van der Waals surface area contributed by atoms with Gasteiger partial charge in [0.2, 0.25) is 5.13 Å². The van der Waals surface area contributed by atoms with E-state index in [2.05, 4.69) is 25.0 Å². The zero-order valence-electron chi connectivity index (χ0n) is 10.4. The summed E-state index contributed by atoms with van der Waals surface area (Å²) in [6.45, 7) is 3.77. The Labute approximate surface area is 111 Å². The normalized spacial score (nSPS) is 10.3. The fourth-order valence-electron chi connectivity index (χ4n) is 1.50. The highest BCUT2D eigenvalue weighted by molar-refractivity contribution is 7.09. The first-order chi connectivity index (χ1) is 8.84. The molecule has 96 valence electrons. The van der Waals surface area contributed by atoms with Gasteiger partial charge in [-0.05, 0) is 31.9 Å². The number of aromatic nitrogens is 3. The van der Waals surface area contributed by atoms with E-state index in [1.165, 1.54) is 11.5 Å². The first kappa shape index (κ1) is 12.8. The van der Waals surface area contributed by atoms with Crippen molar-refractivity contribution in [3.05, 3.63) is 30.2 Å². The number of nitrogens with one attached hydrogen (secondary N) is 2. The van der Waals surface area contributed by atoms with Gasteiger partial charge in [-0.25, -0.2) is 9.97 Å². The molecule has 6 heteroatoms. The van der Waals surface area contributed by atoms with Crippen molar-refractivity contribution in [2.75, 3.05) is 23.7 Å². The molecule has 0 saturated heterocycles. The van der Waals surface area contributed by atoms with Crippen molar-refractivity contribution < 1.29 is 0 Å². The molecule has 2 aromatic rings. The summed E-state index contributed by atoms with van der Waals surface area (Å²) in [5.41, 5.74) is 0. The van der Waals surface area contributed by atoms with Crippen LogP contribution in [0.5, 0.6) is 0 Å². The van der Waals surface area contributed by atoms with E-state index in [9.17, 15) is 0 Å². The van der Waals surface area contributed by atoms with Crippen molar-refractivity contribution in [1.29, 1.82) is 0 Å². The molecule has 18 heavy (non-hydrogen) atoms. The fraction of sp³-hybridized carbons (Fsp3) is 0.417. The maximum absolute atomic E-state index is 4.25. The number of hydrogen-bond donors (Lipinski definition) is 2. The molecule has 2 rings (SSSR count). The summed E-state index contributed by atoms with van der Waals surface area (Å²) in [7, 11) is 0. The van der Waals surface area contributed by atoms with Crippen LogP contribution in [0, 0.1) is 6.92 Å². The van der Waals surface area contributed by atoms with E-state index >= 15 is 0 Å². The van der Waals surface area contributed by atoms with E-state index in [4.69, 9.17) is 0 Å². The third kappa shape index (κ3) is 4.29. The summed E-state index contributed by atoms with van der Waals surface area (Å²) < 4.78 is 4.12. The van der Waals surface area contributed by atoms with Crippen LogP contribution < -0.4 is 10.6 Å². The van der Waals surface area contributed by atoms with Gasteiger partial charge in [0.05, 0.1) is 0 Å². The van der Waals surface area contributed by atoms with Gasteiger partial charge in [-0.15, -0.1) is 0 Å². The van der Waals surface area contributed by atoms with E-state index in [0.29, 0.717) is 0 Å². The van der Waals surface area contributed by atoms with Gasteiger partial charge in [-0.1, -0.05) is 6.07 Å². The minimum absolute atomic E-state index is 0.833. The number of aryl methyl sites for hydroxylation is 1. The molecule has 0 fully saturated rings. The summed E-state index contributed by atoms with van der Waals surface area (Å²) in [5.74, 6) is 1.77. The van der Waals surface area contributed by atoms with Crippen molar-refractivity contribution >= 4 is 22.5 Å². The Hall–Kier alpha value is -1.69. The molecule has 0 unspecified atom stereocenters. The molecule has 0 radical (unpaired) electrons. The highest BCUT2D eigenvalue weighted by atomic mass is 32.1. The van der Waals surface area contributed by atoms with Gasteiger partial charge in [0, 0.05) is 30.8 Å². The Morgan fingerprint density at radius 2 is 2.00 bits per heavy atom. The van der Waals surface area contributed by atoms with E-state index in [1.54, 1.807) is 6.20 Å². The second-order valence-electron chi connectivity index (χ2n) is 3.92. The third-order valence-corrected chi connectivity index (χ3v) is 3.14. The van der Waals surface area contributed by atoms with E-state index in [0.717, 1.165) is 42.7 Å². The van der Waals surface area contributed by atoms with Crippen LogP contribution in [0.4, 0.5) is 10.9 Å². The smallest absolute Gasteiger partial charge is 0.202 e. The number of nitrogens with zero attached hydrogens (tertiary/aromatic N) is 3. The zero-order valence-corrected chi connectivity index (χ0v) is 11.2.